The van der Waals surface area contributed by atoms with Gasteiger partial charge in [-0.2, -0.15) is 0 Å². The van der Waals surface area contributed by atoms with Crippen molar-refractivity contribution in [3.63, 3.8) is 0 Å². The van der Waals surface area contributed by atoms with Crippen molar-refractivity contribution in [3.05, 3.63) is 22.6 Å². The first-order valence-corrected chi connectivity index (χ1v) is 3.45. The highest BCUT2D eigenvalue weighted by Crippen LogP contribution is 2.06. The van der Waals surface area contributed by atoms with Crippen LogP contribution in [0.5, 0.6) is 0 Å². The van der Waals surface area contributed by atoms with Gasteiger partial charge in [-0.05, 0) is 17.6 Å². The average Bonchev–Trinajstić information content (AvgIpc) is 2.36. The molecule has 0 saturated heterocycles. The predicted octanol–water partition coefficient (Wildman–Crippen LogP) is 0.380. The maximum Gasteiger partial charge on any atom is 0.269 e. The first-order chi connectivity index (χ1) is 4.88. The third kappa shape index (κ3) is 0.640. The molecule has 5 heteroatoms. The lowest BCUT2D eigenvalue weighted by atomic mass is 10.4. The number of pyridine rings is 1. The van der Waals surface area contributed by atoms with E-state index >= 15 is 0 Å². The second-order valence-corrected chi connectivity index (χ2v) is 2.55. The average molecular weight is 153 g/mol. The van der Waals surface area contributed by atoms with E-state index in [4.69, 9.17) is 0 Å². The number of H-pyrrole nitrogens is 1. The smallest absolute Gasteiger partial charge is 0.269 e. The molecule has 0 saturated carbocycles. The van der Waals surface area contributed by atoms with E-state index in [0.717, 1.165) is 11.5 Å². The van der Waals surface area contributed by atoms with Gasteiger partial charge in [0.05, 0.1) is 0 Å². The molecule has 0 unspecified atom stereocenters. The molecule has 0 aromatic carbocycles. The minimum atomic E-state index is -0.118. The van der Waals surface area contributed by atoms with E-state index in [2.05, 4.69) is 14.6 Å². The zero-order chi connectivity index (χ0) is 6.97. The molecule has 4 nitrogen and oxygen atoms in total. The quantitative estimate of drug-likeness (QED) is 0.595. The molecule has 0 bridgehead atoms. The van der Waals surface area contributed by atoms with Crippen LogP contribution in [0.4, 0.5) is 0 Å². The monoisotopic (exact) mass is 153 g/mol. The van der Waals surface area contributed by atoms with Gasteiger partial charge in [0.1, 0.15) is 10.2 Å². The largest absolute Gasteiger partial charge is 0.328 e. The van der Waals surface area contributed by atoms with E-state index in [0.29, 0.717) is 10.2 Å². The van der Waals surface area contributed by atoms with Crippen molar-refractivity contribution in [3.8, 4) is 0 Å². The van der Waals surface area contributed by atoms with Crippen LogP contribution < -0.4 is 5.56 Å². The molecule has 2 rings (SSSR count). The molecule has 50 valence electrons. The molecule has 0 radical (unpaired) electrons. The van der Waals surface area contributed by atoms with Gasteiger partial charge >= 0.3 is 0 Å². The highest BCUT2D eigenvalue weighted by Gasteiger charge is 1.98. The molecule has 0 aliphatic carbocycles. The molecule has 0 fully saturated rings. The molecule has 2 aromatic heterocycles. The fourth-order valence-electron chi connectivity index (χ4n) is 0.726. The van der Waals surface area contributed by atoms with E-state index < -0.39 is 0 Å². The Labute approximate surface area is 59.7 Å². The molecule has 0 aliphatic heterocycles. The van der Waals surface area contributed by atoms with E-state index in [1.54, 1.807) is 12.3 Å². The Morgan fingerprint density at radius 3 is 3.30 bits per heavy atom. The molecule has 1 N–H and O–H groups in total. The van der Waals surface area contributed by atoms with Crippen LogP contribution in [0.25, 0.3) is 10.2 Å². The Bertz CT molecular complexity index is 404. The van der Waals surface area contributed by atoms with Crippen molar-refractivity contribution in [2.45, 2.75) is 0 Å². The third-order valence-electron chi connectivity index (χ3n) is 1.18. The number of hydrogen-bond acceptors (Lipinski definition) is 4. The summed E-state index contributed by atoms with van der Waals surface area (Å²) in [5.74, 6) is 0. The Hall–Kier alpha value is -1.23. The van der Waals surface area contributed by atoms with Crippen LogP contribution in [0, 0.1) is 0 Å². The summed E-state index contributed by atoms with van der Waals surface area (Å²) < 4.78 is 4.22. The van der Waals surface area contributed by atoms with E-state index in [1.807, 2.05) is 0 Å². The second kappa shape index (κ2) is 1.88. The fraction of sp³-hybridized carbons (Fsp3) is 0. The molecule has 0 spiro atoms. The Kier molecular flexibility index (Phi) is 1.04. The highest BCUT2D eigenvalue weighted by molar-refractivity contribution is 7.12. The molecule has 0 aliphatic rings. The molecule has 2 aromatic rings. The molecular formula is C5H3N3OS. The Morgan fingerprint density at radius 1 is 1.60 bits per heavy atom. The molecule has 0 amide bonds. The summed E-state index contributed by atoms with van der Waals surface area (Å²) in [5.41, 5.74) is 0.543. The van der Waals surface area contributed by atoms with Crippen molar-refractivity contribution in [1.29, 1.82) is 0 Å². The molecule has 2 heterocycles. The summed E-state index contributed by atoms with van der Waals surface area (Å²) >= 11 is 1.11. The van der Waals surface area contributed by atoms with Crippen molar-refractivity contribution >= 4 is 21.7 Å². The zero-order valence-corrected chi connectivity index (χ0v) is 5.68. The number of aromatic nitrogens is 3. The SMILES string of the molecule is O=c1[nH]ccc2nnsc12. The van der Waals surface area contributed by atoms with Gasteiger partial charge in [0.25, 0.3) is 5.56 Å². The van der Waals surface area contributed by atoms with Crippen molar-refractivity contribution < 1.29 is 0 Å². The first kappa shape index (κ1) is 5.55. The first-order valence-electron chi connectivity index (χ1n) is 2.68. The maximum absolute atomic E-state index is 10.9. The standard InChI is InChI=1S/C5H3N3OS/c9-5-4-3(1-2-6-5)7-8-10-4/h1-2H,(H,6,9). The van der Waals surface area contributed by atoms with Crippen LogP contribution in [-0.4, -0.2) is 14.6 Å². The number of fused-ring (bicyclic) bond motifs is 1. The van der Waals surface area contributed by atoms with Crippen LogP contribution >= 0.6 is 11.5 Å². The van der Waals surface area contributed by atoms with Crippen LogP contribution in [0.3, 0.4) is 0 Å². The summed E-state index contributed by atoms with van der Waals surface area (Å²) in [5, 5.41) is 3.73. The van der Waals surface area contributed by atoms with Gasteiger partial charge in [0.15, 0.2) is 0 Å². The third-order valence-corrected chi connectivity index (χ3v) is 1.92. The molecule has 10 heavy (non-hydrogen) atoms. The van der Waals surface area contributed by atoms with Crippen LogP contribution in [-0.2, 0) is 0 Å². The minimum Gasteiger partial charge on any atom is -0.328 e. The normalized spacial score (nSPS) is 10.4. The molecule has 0 atom stereocenters. The lowest BCUT2D eigenvalue weighted by molar-refractivity contribution is 1.19. The summed E-state index contributed by atoms with van der Waals surface area (Å²) in [4.78, 5) is 13.4. The lowest BCUT2D eigenvalue weighted by Crippen LogP contribution is -2.01. The van der Waals surface area contributed by atoms with Crippen LogP contribution in [0.2, 0.25) is 0 Å². The summed E-state index contributed by atoms with van der Waals surface area (Å²) in [6, 6.07) is 1.72. The van der Waals surface area contributed by atoms with E-state index in [9.17, 15) is 4.79 Å². The number of rotatable bonds is 0. The minimum absolute atomic E-state index is 0.118. The van der Waals surface area contributed by atoms with Gasteiger partial charge in [-0.3, -0.25) is 4.79 Å². The fourth-order valence-corrected chi connectivity index (χ4v) is 1.28. The van der Waals surface area contributed by atoms with Crippen LogP contribution in [0.15, 0.2) is 17.1 Å². The lowest BCUT2D eigenvalue weighted by Gasteiger charge is -1.79. The van der Waals surface area contributed by atoms with E-state index in [1.165, 1.54) is 0 Å². The summed E-state index contributed by atoms with van der Waals surface area (Å²) in [7, 11) is 0. The van der Waals surface area contributed by atoms with Gasteiger partial charge in [-0.1, -0.05) is 4.49 Å². The van der Waals surface area contributed by atoms with Gasteiger partial charge in [-0.25, -0.2) is 0 Å². The van der Waals surface area contributed by atoms with Crippen molar-refractivity contribution in [1.82, 2.24) is 14.6 Å². The number of hydrogen-bond donors (Lipinski definition) is 1. The van der Waals surface area contributed by atoms with Crippen LogP contribution in [0.1, 0.15) is 0 Å². The second-order valence-electron chi connectivity index (χ2n) is 1.79. The number of nitrogens with zero attached hydrogens (tertiary/aromatic N) is 2. The van der Waals surface area contributed by atoms with Crippen molar-refractivity contribution in [2.75, 3.05) is 0 Å². The molecular weight excluding hydrogens is 150 g/mol. The Morgan fingerprint density at radius 2 is 2.50 bits per heavy atom. The summed E-state index contributed by atoms with van der Waals surface area (Å²) in [6.07, 6.45) is 1.56. The predicted molar refractivity (Wildman–Crippen MR) is 38.0 cm³/mol. The van der Waals surface area contributed by atoms with Gasteiger partial charge in [0, 0.05) is 6.20 Å². The maximum atomic E-state index is 10.9. The van der Waals surface area contributed by atoms with Gasteiger partial charge in [-0.15, -0.1) is 5.10 Å². The van der Waals surface area contributed by atoms with Gasteiger partial charge < -0.3 is 4.98 Å². The number of nitrogens with one attached hydrogen (secondary N) is 1. The highest BCUT2D eigenvalue weighted by atomic mass is 32.1. The van der Waals surface area contributed by atoms with Crippen molar-refractivity contribution in [2.24, 2.45) is 0 Å². The van der Waals surface area contributed by atoms with Gasteiger partial charge in [0.2, 0.25) is 0 Å². The topological polar surface area (TPSA) is 58.6 Å². The van der Waals surface area contributed by atoms with E-state index in [-0.39, 0.29) is 5.56 Å². The summed E-state index contributed by atoms with van der Waals surface area (Å²) in [6.45, 7) is 0. The zero-order valence-electron chi connectivity index (χ0n) is 4.87. The Balaban J connectivity index is 3.09. The number of aromatic amines is 1.